The van der Waals surface area contributed by atoms with Crippen molar-refractivity contribution < 1.29 is 24.9 Å². The third kappa shape index (κ3) is 7.68. The van der Waals surface area contributed by atoms with E-state index < -0.39 is 18.5 Å². The fourth-order valence-electron chi connectivity index (χ4n) is 0.710. The molecule has 0 aromatic heterocycles. The summed E-state index contributed by atoms with van der Waals surface area (Å²) in [6, 6.07) is 6.42. The van der Waals surface area contributed by atoms with Gasteiger partial charge in [-0.25, -0.2) is 0 Å². The maximum atomic E-state index is 9.10. The van der Waals surface area contributed by atoms with Crippen molar-refractivity contribution in [3.8, 4) is 5.75 Å². The summed E-state index contributed by atoms with van der Waals surface area (Å²) in [6.07, 6.45) is 0. The minimum absolute atomic E-state index is 0.333. The zero-order chi connectivity index (χ0) is 15.3. The Hall–Kier alpha value is -1.28. The van der Waals surface area contributed by atoms with Gasteiger partial charge in [-0.05, 0) is 39.8 Å². The van der Waals surface area contributed by atoms with E-state index in [0.717, 1.165) is 0 Å². The van der Waals surface area contributed by atoms with Crippen LogP contribution in [0.4, 0.5) is 5.69 Å². The summed E-state index contributed by atoms with van der Waals surface area (Å²) < 4.78 is 4.53. The third-order valence-corrected chi connectivity index (χ3v) is 2.60. The molecule has 7 heteroatoms. The highest BCUT2D eigenvalue weighted by Gasteiger charge is 2.31. The second-order valence-corrected chi connectivity index (χ2v) is 5.13. The lowest BCUT2D eigenvalue weighted by Crippen LogP contribution is -2.44. The van der Waals surface area contributed by atoms with Crippen LogP contribution in [0.25, 0.3) is 0 Å². The molecule has 1 rings (SSSR count). The van der Waals surface area contributed by atoms with Crippen molar-refractivity contribution in [3.63, 3.8) is 0 Å². The van der Waals surface area contributed by atoms with E-state index >= 15 is 0 Å². The molecule has 0 aliphatic rings. The Morgan fingerprint density at radius 2 is 1.53 bits per heavy atom. The molecule has 1 aromatic rings. The van der Waals surface area contributed by atoms with Gasteiger partial charge in [-0.15, -0.1) is 0 Å². The molecule has 0 saturated heterocycles. The second kappa shape index (κ2) is 6.77. The van der Waals surface area contributed by atoms with Gasteiger partial charge in [-0.2, -0.15) is 0 Å². The highest BCUT2D eigenvalue weighted by Crippen LogP contribution is 2.19. The Kier molecular flexibility index (Phi) is 6.31. The van der Waals surface area contributed by atoms with Crippen LogP contribution in [0.1, 0.15) is 27.7 Å². The minimum atomic E-state index is -1.79. The molecule has 0 radical (unpaired) electrons. The molecule has 19 heavy (non-hydrogen) atoms. The van der Waals surface area contributed by atoms with Crippen molar-refractivity contribution in [2.45, 2.75) is 38.9 Å². The fraction of sp³-hybridized carbons (Fsp3) is 0.500. The van der Waals surface area contributed by atoms with Crippen LogP contribution < -0.4 is 10.4 Å². The number of nitrogens with two attached hydrogens (primary N) is 1. The molecule has 0 aliphatic carbocycles. The van der Waals surface area contributed by atoms with Crippen molar-refractivity contribution in [1.29, 1.82) is 0 Å². The quantitative estimate of drug-likeness (QED) is 0.394. The number of aliphatic hydroxyl groups is 2. The van der Waals surface area contributed by atoms with Gasteiger partial charge in [-0.3, -0.25) is 0 Å². The van der Waals surface area contributed by atoms with E-state index in [1.807, 2.05) is 0 Å². The van der Waals surface area contributed by atoms with Crippen LogP contribution in [-0.4, -0.2) is 38.8 Å². The molecule has 0 aliphatic heterocycles. The number of nitrogen functional groups attached to an aromatic ring is 1. The van der Waals surface area contributed by atoms with E-state index in [0.29, 0.717) is 11.4 Å². The zero-order valence-corrected chi connectivity index (χ0v) is 11.7. The van der Waals surface area contributed by atoms with E-state index in [1.165, 1.54) is 6.07 Å². The summed E-state index contributed by atoms with van der Waals surface area (Å²) in [7, 11) is -1.79. The van der Waals surface area contributed by atoms with Gasteiger partial charge in [0, 0.05) is 11.8 Å². The number of benzene rings is 1. The first-order valence-electron chi connectivity index (χ1n) is 5.76. The zero-order valence-electron chi connectivity index (χ0n) is 11.7. The average molecular weight is 271 g/mol. The summed E-state index contributed by atoms with van der Waals surface area (Å²) in [6.45, 7) is 6.31. The molecule has 0 heterocycles. The molecule has 0 saturated carbocycles. The average Bonchev–Trinajstić information content (AvgIpc) is 2.13. The summed E-state index contributed by atoms with van der Waals surface area (Å²) in [5.41, 5.74) is 3.89. The van der Waals surface area contributed by atoms with Gasteiger partial charge in [0.05, 0.1) is 11.2 Å². The number of rotatable bonds is 3. The molecule has 6 N–H and O–H groups in total. The highest BCUT2D eigenvalue weighted by atomic mass is 16.6. The Bertz CT molecular complexity index is 372. The summed E-state index contributed by atoms with van der Waals surface area (Å²) in [4.78, 5) is 0. The molecule has 0 bridgehead atoms. The molecule has 0 unspecified atom stereocenters. The minimum Gasteiger partial charge on any atom is -0.512 e. The lowest BCUT2D eigenvalue weighted by atomic mass is 9.90. The van der Waals surface area contributed by atoms with E-state index in [4.69, 9.17) is 26.0 Å². The van der Waals surface area contributed by atoms with Crippen LogP contribution in [0.15, 0.2) is 24.3 Å². The summed E-state index contributed by atoms with van der Waals surface area (Å²) in [5.74, 6) is 0.333. The first-order chi connectivity index (χ1) is 8.43. The Morgan fingerprint density at radius 1 is 1.05 bits per heavy atom. The second-order valence-electron chi connectivity index (χ2n) is 5.13. The Balaban J connectivity index is 0.000000362. The van der Waals surface area contributed by atoms with Crippen LogP contribution >= 0.6 is 0 Å². The van der Waals surface area contributed by atoms with Gasteiger partial charge >= 0.3 is 7.32 Å². The van der Waals surface area contributed by atoms with Gasteiger partial charge in [0.15, 0.2) is 0 Å². The number of hydrogen-bond donors (Lipinski definition) is 5. The van der Waals surface area contributed by atoms with Gasteiger partial charge in [0.2, 0.25) is 0 Å². The number of anilines is 1. The molecule has 108 valence electrons. The maximum absolute atomic E-state index is 9.10. The van der Waals surface area contributed by atoms with Gasteiger partial charge in [-0.1, -0.05) is 6.07 Å². The molecule has 1 aromatic carbocycles. The third-order valence-electron chi connectivity index (χ3n) is 2.60. The van der Waals surface area contributed by atoms with E-state index in [9.17, 15) is 0 Å². The molecule has 0 atom stereocenters. The van der Waals surface area contributed by atoms with Crippen LogP contribution in [0.5, 0.6) is 5.75 Å². The Morgan fingerprint density at radius 3 is 1.84 bits per heavy atom. The standard InChI is InChI=1S/C6H8BNO3.C6H14O2/c8-5-2-1-3-6(4-5)11-7(9)10;1-5(2,7)6(3,4)8/h1-4,9-10H,8H2;7-8H,1-4H3. The molecule has 0 amide bonds. The maximum Gasteiger partial charge on any atom is 0.707 e. The van der Waals surface area contributed by atoms with Gasteiger partial charge in [0.1, 0.15) is 5.75 Å². The van der Waals surface area contributed by atoms with Crippen molar-refractivity contribution in [3.05, 3.63) is 24.3 Å². The van der Waals surface area contributed by atoms with Crippen molar-refractivity contribution in [2.75, 3.05) is 5.73 Å². The fourth-order valence-corrected chi connectivity index (χ4v) is 0.710. The highest BCUT2D eigenvalue weighted by molar-refractivity contribution is 6.33. The lowest BCUT2D eigenvalue weighted by Gasteiger charge is -2.31. The SMILES string of the molecule is CC(C)(O)C(C)(C)O.Nc1cccc(OB(O)O)c1. The van der Waals surface area contributed by atoms with E-state index in [-0.39, 0.29) is 0 Å². The van der Waals surface area contributed by atoms with Crippen molar-refractivity contribution in [2.24, 2.45) is 0 Å². The van der Waals surface area contributed by atoms with Crippen LogP contribution in [0.2, 0.25) is 0 Å². The number of hydrogen-bond acceptors (Lipinski definition) is 6. The van der Waals surface area contributed by atoms with E-state index in [1.54, 1.807) is 45.9 Å². The molecular weight excluding hydrogens is 249 g/mol. The van der Waals surface area contributed by atoms with Crippen LogP contribution in [0, 0.1) is 0 Å². The lowest BCUT2D eigenvalue weighted by molar-refractivity contribution is -0.107. The summed E-state index contributed by atoms with van der Waals surface area (Å²) >= 11 is 0. The van der Waals surface area contributed by atoms with Crippen molar-refractivity contribution >= 4 is 13.0 Å². The Labute approximate surface area is 113 Å². The monoisotopic (exact) mass is 271 g/mol. The van der Waals surface area contributed by atoms with Crippen LogP contribution in [-0.2, 0) is 0 Å². The first-order valence-corrected chi connectivity index (χ1v) is 5.76. The van der Waals surface area contributed by atoms with Crippen molar-refractivity contribution in [1.82, 2.24) is 0 Å². The first kappa shape index (κ1) is 17.7. The molecule has 6 nitrogen and oxygen atoms in total. The molecule has 0 fully saturated rings. The predicted molar refractivity (Wildman–Crippen MR) is 74.3 cm³/mol. The molecular formula is C12H22BNO5. The molecule has 0 spiro atoms. The predicted octanol–water partition coefficient (Wildman–Crippen LogP) is 0.145. The normalized spacial score (nSPS) is 11.4. The van der Waals surface area contributed by atoms with Gasteiger partial charge in [0.25, 0.3) is 0 Å². The summed E-state index contributed by atoms with van der Waals surface area (Å²) in [5, 5.41) is 35.0. The van der Waals surface area contributed by atoms with E-state index in [2.05, 4.69) is 4.65 Å². The van der Waals surface area contributed by atoms with Crippen LogP contribution in [0.3, 0.4) is 0 Å². The topological polar surface area (TPSA) is 116 Å². The smallest absolute Gasteiger partial charge is 0.512 e. The van der Waals surface area contributed by atoms with Gasteiger partial charge < -0.3 is 30.6 Å². The largest absolute Gasteiger partial charge is 0.707 e.